The number of rotatable bonds is 6. The Balaban J connectivity index is 2.16. The maximum atomic E-state index is 4.52. The summed E-state index contributed by atoms with van der Waals surface area (Å²) in [5.74, 6) is 1.40. The maximum Gasteiger partial charge on any atom is 0.111 e. The van der Waals surface area contributed by atoms with Crippen molar-refractivity contribution in [3.63, 3.8) is 0 Å². The van der Waals surface area contributed by atoms with Gasteiger partial charge in [0.1, 0.15) is 12.0 Å². The Labute approximate surface area is 164 Å². The van der Waals surface area contributed by atoms with Crippen LogP contribution in [0, 0.1) is 0 Å². The van der Waals surface area contributed by atoms with Crippen molar-refractivity contribution in [1.82, 2.24) is 9.80 Å². The second-order valence-corrected chi connectivity index (χ2v) is 7.45. The highest BCUT2D eigenvalue weighted by Gasteiger charge is 2.28. The Hall–Kier alpha value is -2.68. The fourth-order valence-electron chi connectivity index (χ4n) is 3.65. The van der Waals surface area contributed by atoms with Crippen LogP contribution in [0.15, 0.2) is 73.3 Å². The molecule has 1 aliphatic rings. The lowest BCUT2D eigenvalue weighted by Crippen LogP contribution is -2.38. The first-order chi connectivity index (χ1) is 13.0. The summed E-state index contributed by atoms with van der Waals surface area (Å²) >= 11 is 0. The van der Waals surface area contributed by atoms with E-state index in [-0.39, 0.29) is 6.17 Å². The van der Waals surface area contributed by atoms with Crippen molar-refractivity contribution in [3.05, 3.63) is 84.5 Å². The molecule has 27 heavy (non-hydrogen) atoms. The van der Waals surface area contributed by atoms with Gasteiger partial charge in [-0.05, 0) is 42.5 Å². The molecule has 142 valence electrons. The molecule has 0 N–H and O–H groups in total. The Bertz CT molecular complexity index is 837. The molecule has 0 unspecified atom stereocenters. The molecule has 1 aliphatic heterocycles. The van der Waals surface area contributed by atoms with Crippen LogP contribution >= 0.6 is 0 Å². The second-order valence-electron chi connectivity index (χ2n) is 7.45. The fraction of sp³-hybridized carbons (Fsp3) is 0.333. The molecule has 0 fully saturated rings. The highest BCUT2D eigenvalue weighted by atomic mass is 15.4. The minimum absolute atomic E-state index is 0.236. The molecule has 1 atom stereocenters. The highest BCUT2D eigenvalue weighted by Crippen LogP contribution is 2.39. The molecule has 0 aromatic heterocycles. The molecule has 3 rings (SSSR count). The number of aryl methyl sites for hydroxylation is 1. The number of anilines is 2. The summed E-state index contributed by atoms with van der Waals surface area (Å²) in [4.78, 5) is 6.77. The number of hydrogen-bond donors (Lipinski definition) is 0. The van der Waals surface area contributed by atoms with Gasteiger partial charge < -0.3 is 9.80 Å². The zero-order chi connectivity index (χ0) is 19.6. The smallest absolute Gasteiger partial charge is 0.111 e. The Kier molecular flexibility index (Phi) is 5.59. The second kappa shape index (κ2) is 7.91. The Morgan fingerprint density at radius 1 is 1.04 bits per heavy atom. The molecule has 0 saturated carbocycles. The van der Waals surface area contributed by atoms with E-state index in [4.69, 9.17) is 0 Å². The zero-order valence-electron chi connectivity index (χ0n) is 17.2. The van der Waals surface area contributed by atoms with Gasteiger partial charge in [-0.15, -0.1) is 0 Å². The van der Waals surface area contributed by atoms with Crippen LogP contribution in [0.25, 0.3) is 0 Å². The number of benzene rings is 2. The standard InChI is InChI=1S/C24H31N3/c1-7-21-12-8-10-14-23(21)27(20(5)26-17-16-25(6)19(26)4)24-15-11-9-13-22(24)18(2)3/h8-19H,5,7H2,1-4,6H3/t19-/m0/s1. The number of nitrogens with zero attached hydrogens (tertiary/aromatic N) is 3. The topological polar surface area (TPSA) is 9.72 Å². The van der Waals surface area contributed by atoms with E-state index in [0.717, 1.165) is 12.2 Å². The third-order valence-corrected chi connectivity index (χ3v) is 5.42. The van der Waals surface area contributed by atoms with Gasteiger partial charge >= 0.3 is 0 Å². The SMILES string of the molecule is C=C(N(c1ccccc1CC)c1ccccc1C(C)C)N1C=CN(C)[C@@H]1C. The molecule has 0 bridgehead atoms. The lowest BCUT2D eigenvalue weighted by atomic mass is 9.99. The van der Waals surface area contributed by atoms with Crippen LogP contribution in [0.5, 0.6) is 0 Å². The number of para-hydroxylation sites is 2. The molecule has 3 nitrogen and oxygen atoms in total. The lowest BCUT2D eigenvalue weighted by Gasteiger charge is -2.38. The predicted octanol–water partition coefficient (Wildman–Crippen LogP) is 6.05. The number of hydrogen-bond acceptors (Lipinski definition) is 3. The molecular weight excluding hydrogens is 330 g/mol. The van der Waals surface area contributed by atoms with Crippen molar-refractivity contribution in [2.24, 2.45) is 0 Å². The first kappa shape index (κ1) is 19.1. The summed E-state index contributed by atoms with van der Waals surface area (Å²) in [5, 5.41) is 0. The van der Waals surface area contributed by atoms with Crippen LogP contribution in [0.3, 0.4) is 0 Å². The van der Waals surface area contributed by atoms with Gasteiger partial charge in [0.2, 0.25) is 0 Å². The van der Waals surface area contributed by atoms with Crippen LogP contribution in [0.4, 0.5) is 11.4 Å². The monoisotopic (exact) mass is 361 g/mol. The normalized spacial score (nSPS) is 16.3. The van der Waals surface area contributed by atoms with Gasteiger partial charge in [0.15, 0.2) is 0 Å². The molecule has 0 radical (unpaired) electrons. The third-order valence-electron chi connectivity index (χ3n) is 5.42. The van der Waals surface area contributed by atoms with Gasteiger partial charge in [-0.3, -0.25) is 4.90 Å². The van der Waals surface area contributed by atoms with E-state index in [9.17, 15) is 0 Å². The van der Waals surface area contributed by atoms with Gasteiger partial charge in [0.25, 0.3) is 0 Å². The summed E-state index contributed by atoms with van der Waals surface area (Å²) in [6, 6.07) is 17.3. The van der Waals surface area contributed by atoms with Crippen LogP contribution in [0.1, 0.15) is 44.7 Å². The summed E-state index contributed by atoms with van der Waals surface area (Å²) in [5.41, 5.74) is 5.05. The average molecular weight is 362 g/mol. The molecule has 1 heterocycles. The van der Waals surface area contributed by atoms with E-state index >= 15 is 0 Å². The van der Waals surface area contributed by atoms with E-state index in [0.29, 0.717) is 5.92 Å². The van der Waals surface area contributed by atoms with Crippen molar-refractivity contribution in [3.8, 4) is 0 Å². The molecule has 2 aromatic rings. The zero-order valence-corrected chi connectivity index (χ0v) is 17.2. The first-order valence-corrected chi connectivity index (χ1v) is 9.80. The molecule has 2 aromatic carbocycles. The van der Waals surface area contributed by atoms with Crippen molar-refractivity contribution in [1.29, 1.82) is 0 Å². The van der Waals surface area contributed by atoms with E-state index in [2.05, 4.69) is 117 Å². The fourth-order valence-corrected chi connectivity index (χ4v) is 3.65. The minimum Gasteiger partial charge on any atom is -0.359 e. The average Bonchev–Trinajstić information content (AvgIpc) is 3.01. The van der Waals surface area contributed by atoms with Crippen LogP contribution < -0.4 is 4.90 Å². The van der Waals surface area contributed by atoms with Crippen molar-refractivity contribution in [2.45, 2.75) is 46.2 Å². The van der Waals surface area contributed by atoms with E-state index in [1.54, 1.807) is 0 Å². The lowest BCUT2D eigenvalue weighted by molar-refractivity contribution is 0.231. The van der Waals surface area contributed by atoms with Crippen molar-refractivity contribution in [2.75, 3.05) is 11.9 Å². The van der Waals surface area contributed by atoms with Crippen molar-refractivity contribution >= 4 is 11.4 Å². The van der Waals surface area contributed by atoms with E-state index < -0.39 is 0 Å². The van der Waals surface area contributed by atoms with Gasteiger partial charge in [-0.25, -0.2) is 0 Å². The van der Waals surface area contributed by atoms with E-state index in [1.165, 1.54) is 22.5 Å². The van der Waals surface area contributed by atoms with Crippen molar-refractivity contribution < 1.29 is 0 Å². The Morgan fingerprint density at radius 2 is 1.67 bits per heavy atom. The maximum absolute atomic E-state index is 4.52. The van der Waals surface area contributed by atoms with Gasteiger partial charge in [0, 0.05) is 19.4 Å². The molecule has 0 spiro atoms. The highest BCUT2D eigenvalue weighted by molar-refractivity contribution is 5.73. The van der Waals surface area contributed by atoms with Gasteiger partial charge in [-0.1, -0.05) is 63.7 Å². The quantitative estimate of drug-likeness (QED) is 0.620. The van der Waals surface area contributed by atoms with E-state index in [1.807, 2.05) is 0 Å². The van der Waals surface area contributed by atoms with Gasteiger partial charge in [0.05, 0.1) is 11.4 Å². The Morgan fingerprint density at radius 3 is 2.26 bits per heavy atom. The van der Waals surface area contributed by atoms with Crippen LogP contribution in [-0.2, 0) is 6.42 Å². The van der Waals surface area contributed by atoms with Crippen LogP contribution in [0.2, 0.25) is 0 Å². The van der Waals surface area contributed by atoms with Gasteiger partial charge in [-0.2, -0.15) is 0 Å². The molecule has 0 amide bonds. The molecule has 0 aliphatic carbocycles. The molecule has 0 saturated heterocycles. The molecular formula is C24H31N3. The summed E-state index contributed by atoms with van der Waals surface area (Å²) in [7, 11) is 2.10. The molecule has 3 heteroatoms. The summed E-state index contributed by atoms with van der Waals surface area (Å²) < 4.78 is 0. The largest absolute Gasteiger partial charge is 0.359 e. The minimum atomic E-state index is 0.236. The first-order valence-electron chi connectivity index (χ1n) is 9.80. The summed E-state index contributed by atoms with van der Waals surface area (Å²) in [6.45, 7) is 13.4. The predicted molar refractivity (Wildman–Crippen MR) is 116 cm³/mol. The summed E-state index contributed by atoms with van der Waals surface area (Å²) in [6.07, 6.45) is 5.44. The van der Waals surface area contributed by atoms with Crippen LogP contribution in [-0.4, -0.2) is 23.0 Å². The third kappa shape index (κ3) is 3.59.